The lowest BCUT2D eigenvalue weighted by atomic mass is 9.98. The third-order valence-electron chi connectivity index (χ3n) is 6.34. The zero-order valence-corrected chi connectivity index (χ0v) is 19.3. The number of halogens is 3. The standard InChI is InChI=1S/C24H24F3N7O/c1-3-18-20(33-9-4-8-28-23(33)30-18)22(35)29-13-15-5-6-17(14(2)11-15)21-31-19-12-16(24(25,26)27)7-10-34(19)32-21/h4-6,8-9,11,16H,3,7,10,12-13H2,1-2H3,(H,29,35)/t16-/m0/s1. The van der Waals surface area contributed by atoms with E-state index in [1.54, 1.807) is 27.5 Å². The van der Waals surface area contributed by atoms with Crippen LogP contribution >= 0.6 is 0 Å². The van der Waals surface area contributed by atoms with Gasteiger partial charge in [0.15, 0.2) is 5.82 Å². The number of aromatic nitrogens is 6. The molecule has 5 rings (SSSR count). The summed E-state index contributed by atoms with van der Waals surface area (Å²) in [7, 11) is 0. The minimum atomic E-state index is -4.23. The van der Waals surface area contributed by atoms with Crippen molar-refractivity contribution in [1.29, 1.82) is 0 Å². The molecule has 1 amide bonds. The van der Waals surface area contributed by atoms with E-state index >= 15 is 0 Å². The van der Waals surface area contributed by atoms with Gasteiger partial charge in [-0.25, -0.2) is 19.6 Å². The largest absolute Gasteiger partial charge is 0.392 e. The summed E-state index contributed by atoms with van der Waals surface area (Å²) in [5.74, 6) is -0.366. The lowest BCUT2D eigenvalue weighted by Crippen LogP contribution is -2.31. The second kappa shape index (κ2) is 8.79. The Morgan fingerprint density at radius 3 is 2.83 bits per heavy atom. The van der Waals surface area contributed by atoms with Gasteiger partial charge >= 0.3 is 6.18 Å². The van der Waals surface area contributed by atoms with Crippen LogP contribution in [0.25, 0.3) is 17.2 Å². The van der Waals surface area contributed by atoms with Crippen molar-refractivity contribution < 1.29 is 18.0 Å². The Morgan fingerprint density at radius 1 is 1.26 bits per heavy atom. The Kier molecular flexibility index (Phi) is 5.78. The molecule has 1 atom stereocenters. The van der Waals surface area contributed by atoms with Gasteiger partial charge in [0.05, 0.1) is 11.6 Å². The number of benzene rings is 1. The van der Waals surface area contributed by atoms with Crippen molar-refractivity contribution in [2.45, 2.75) is 52.4 Å². The van der Waals surface area contributed by atoms with Crippen molar-refractivity contribution in [2.75, 3.05) is 0 Å². The lowest BCUT2D eigenvalue weighted by Gasteiger charge is -2.24. The number of hydrogen-bond acceptors (Lipinski definition) is 5. The van der Waals surface area contributed by atoms with Crippen LogP contribution in [0.15, 0.2) is 36.7 Å². The summed E-state index contributed by atoms with van der Waals surface area (Å²) in [6.07, 6.45) is -0.371. The molecule has 3 aromatic heterocycles. The fraction of sp³-hybridized carbons (Fsp3) is 0.375. The van der Waals surface area contributed by atoms with E-state index in [1.807, 2.05) is 32.0 Å². The fourth-order valence-electron chi connectivity index (χ4n) is 4.47. The molecule has 4 aromatic rings. The lowest BCUT2D eigenvalue weighted by molar-refractivity contribution is -0.179. The second-order valence-electron chi connectivity index (χ2n) is 8.69. The van der Waals surface area contributed by atoms with Crippen molar-refractivity contribution in [3.8, 4) is 11.4 Å². The van der Waals surface area contributed by atoms with Gasteiger partial charge in [0, 0.05) is 37.5 Å². The van der Waals surface area contributed by atoms with E-state index in [4.69, 9.17) is 0 Å². The van der Waals surface area contributed by atoms with Crippen LogP contribution in [0.1, 0.15) is 46.5 Å². The number of amides is 1. The molecule has 1 aliphatic rings. The van der Waals surface area contributed by atoms with Crippen molar-refractivity contribution in [1.82, 2.24) is 34.4 Å². The number of hydrogen-bond donors (Lipinski definition) is 1. The van der Waals surface area contributed by atoms with Crippen LogP contribution in [0.2, 0.25) is 0 Å². The van der Waals surface area contributed by atoms with Gasteiger partial charge in [-0.2, -0.15) is 18.3 Å². The Bertz CT molecular complexity index is 1410. The fourth-order valence-corrected chi connectivity index (χ4v) is 4.47. The molecule has 0 saturated heterocycles. The van der Waals surface area contributed by atoms with Gasteiger partial charge in [-0.15, -0.1) is 0 Å². The van der Waals surface area contributed by atoms with Crippen LogP contribution in [-0.2, 0) is 25.9 Å². The zero-order valence-electron chi connectivity index (χ0n) is 19.3. The Hall–Kier alpha value is -3.76. The van der Waals surface area contributed by atoms with Crippen LogP contribution in [0.3, 0.4) is 0 Å². The highest BCUT2D eigenvalue weighted by Crippen LogP contribution is 2.35. The number of fused-ring (bicyclic) bond motifs is 2. The first-order chi connectivity index (χ1) is 16.7. The third kappa shape index (κ3) is 4.38. The molecule has 0 spiro atoms. The molecule has 0 fully saturated rings. The minimum Gasteiger partial charge on any atom is -0.347 e. The van der Waals surface area contributed by atoms with Gasteiger partial charge < -0.3 is 5.32 Å². The number of carbonyl (C=O) groups is 1. The molecule has 4 heterocycles. The highest BCUT2D eigenvalue weighted by molar-refractivity contribution is 5.94. The normalized spacial score (nSPS) is 15.9. The van der Waals surface area contributed by atoms with E-state index in [0.717, 1.165) is 16.7 Å². The molecule has 0 unspecified atom stereocenters. The molecule has 1 aliphatic heterocycles. The van der Waals surface area contributed by atoms with Gasteiger partial charge in [-0.1, -0.05) is 25.1 Å². The minimum absolute atomic E-state index is 0.0131. The SMILES string of the molecule is CCc1nc2ncccn2c1C(=O)NCc1ccc(-c2nc3n(n2)CC[C@H](C(F)(F)F)C3)c(C)c1. The summed E-state index contributed by atoms with van der Waals surface area (Å²) in [5, 5.41) is 7.38. The maximum absolute atomic E-state index is 13.1. The summed E-state index contributed by atoms with van der Waals surface area (Å²) < 4.78 is 42.6. The Balaban J connectivity index is 1.31. The van der Waals surface area contributed by atoms with Gasteiger partial charge in [0.2, 0.25) is 5.78 Å². The molecule has 11 heteroatoms. The first kappa shape index (κ1) is 23.0. The summed E-state index contributed by atoms with van der Waals surface area (Å²) in [6.45, 7) is 4.33. The molecule has 0 saturated carbocycles. The van der Waals surface area contributed by atoms with E-state index in [0.29, 0.717) is 41.8 Å². The second-order valence-corrected chi connectivity index (χ2v) is 8.69. The van der Waals surface area contributed by atoms with Crippen LogP contribution in [0.4, 0.5) is 13.2 Å². The van der Waals surface area contributed by atoms with E-state index < -0.39 is 12.1 Å². The molecule has 1 N–H and O–H groups in total. The quantitative estimate of drug-likeness (QED) is 0.465. The maximum atomic E-state index is 13.1. The highest BCUT2D eigenvalue weighted by Gasteiger charge is 2.42. The number of nitrogens with zero attached hydrogens (tertiary/aromatic N) is 6. The van der Waals surface area contributed by atoms with Gasteiger partial charge in [0.1, 0.15) is 11.5 Å². The summed E-state index contributed by atoms with van der Waals surface area (Å²) >= 11 is 0. The summed E-state index contributed by atoms with van der Waals surface area (Å²) in [5.41, 5.74) is 3.65. The number of nitrogens with one attached hydrogen (secondary N) is 1. The van der Waals surface area contributed by atoms with Crippen LogP contribution in [-0.4, -0.2) is 41.2 Å². The molecular formula is C24H24F3N7O. The summed E-state index contributed by atoms with van der Waals surface area (Å²) in [6, 6.07) is 7.37. The third-order valence-corrected chi connectivity index (χ3v) is 6.34. The molecule has 0 aliphatic carbocycles. The smallest absolute Gasteiger partial charge is 0.347 e. The monoisotopic (exact) mass is 483 g/mol. The highest BCUT2D eigenvalue weighted by atomic mass is 19.4. The Labute approximate surface area is 199 Å². The van der Waals surface area contributed by atoms with E-state index in [1.165, 1.54) is 0 Å². The van der Waals surface area contributed by atoms with Crippen LogP contribution in [0.5, 0.6) is 0 Å². The van der Waals surface area contributed by atoms with Crippen molar-refractivity contribution >= 4 is 11.7 Å². The van der Waals surface area contributed by atoms with Gasteiger partial charge in [-0.3, -0.25) is 9.20 Å². The van der Waals surface area contributed by atoms with E-state index in [-0.39, 0.29) is 25.3 Å². The summed E-state index contributed by atoms with van der Waals surface area (Å²) in [4.78, 5) is 26.0. The van der Waals surface area contributed by atoms with Crippen LogP contribution in [0, 0.1) is 12.8 Å². The number of carbonyl (C=O) groups excluding carboxylic acids is 1. The average Bonchev–Trinajstić information content (AvgIpc) is 3.42. The first-order valence-electron chi connectivity index (χ1n) is 11.4. The van der Waals surface area contributed by atoms with Gasteiger partial charge in [0.25, 0.3) is 5.91 Å². The first-order valence-corrected chi connectivity index (χ1v) is 11.4. The average molecular weight is 483 g/mol. The Morgan fingerprint density at radius 2 is 2.09 bits per heavy atom. The molecule has 0 bridgehead atoms. The molecule has 8 nitrogen and oxygen atoms in total. The number of imidazole rings is 1. The van der Waals surface area contributed by atoms with Crippen molar-refractivity contribution in [2.24, 2.45) is 5.92 Å². The molecule has 1 aromatic carbocycles. The van der Waals surface area contributed by atoms with E-state index in [2.05, 4.69) is 25.4 Å². The molecular weight excluding hydrogens is 459 g/mol. The van der Waals surface area contributed by atoms with Crippen molar-refractivity contribution in [3.05, 3.63) is 65.0 Å². The number of aryl methyl sites for hydroxylation is 3. The molecule has 182 valence electrons. The predicted octanol–water partition coefficient (Wildman–Crippen LogP) is 3.91. The number of alkyl halides is 3. The number of rotatable bonds is 5. The molecule has 35 heavy (non-hydrogen) atoms. The van der Waals surface area contributed by atoms with E-state index in [9.17, 15) is 18.0 Å². The van der Waals surface area contributed by atoms with Crippen molar-refractivity contribution in [3.63, 3.8) is 0 Å². The predicted molar refractivity (Wildman–Crippen MR) is 122 cm³/mol. The molecule has 0 radical (unpaired) electrons. The zero-order chi connectivity index (χ0) is 24.7. The topological polar surface area (TPSA) is 90.0 Å². The van der Waals surface area contributed by atoms with Crippen LogP contribution < -0.4 is 5.32 Å². The van der Waals surface area contributed by atoms with Gasteiger partial charge in [-0.05, 0) is 37.0 Å². The maximum Gasteiger partial charge on any atom is 0.392 e.